The molecule has 3 aromatic rings. The molecule has 1 unspecified atom stereocenters. The highest BCUT2D eigenvalue weighted by Gasteiger charge is 2.24. The van der Waals surface area contributed by atoms with Crippen LogP contribution in [0.15, 0.2) is 41.8 Å². The summed E-state index contributed by atoms with van der Waals surface area (Å²) < 4.78 is 11.3. The molecule has 2 heterocycles. The highest BCUT2D eigenvalue weighted by Crippen LogP contribution is 2.35. The number of benzene rings is 2. The van der Waals surface area contributed by atoms with Crippen molar-refractivity contribution in [3.63, 3.8) is 0 Å². The van der Waals surface area contributed by atoms with Crippen LogP contribution in [-0.2, 0) is 9.59 Å². The zero-order valence-electron chi connectivity index (χ0n) is 16.8. The van der Waals surface area contributed by atoms with Crippen LogP contribution in [0, 0.1) is 13.8 Å². The van der Waals surface area contributed by atoms with Gasteiger partial charge in [-0.3, -0.25) is 14.9 Å². The number of anilines is 2. The van der Waals surface area contributed by atoms with E-state index >= 15 is 0 Å². The van der Waals surface area contributed by atoms with Gasteiger partial charge in [0.15, 0.2) is 17.8 Å². The van der Waals surface area contributed by atoms with Gasteiger partial charge in [0.2, 0.25) is 0 Å². The standard InChI is InChI=1S/C22H21N3O4S/c1-12-5-4-6-13(2)20(12)28-10-19(26)25-22-24-17(11-30-22)15-7-8-18-16(9-15)23-21(27)14(3)29-18/h4-9,11,14H,10H2,1-3H3,(H,23,27)(H,24,25,26). The average Bonchev–Trinajstić information content (AvgIpc) is 3.16. The van der Waals surface area contributed by atoms with E-state index in [-0.39, 0.29) is 18.4 Å². The first-order valence-electron chi connectivity index (χ1n) is 9.47. The summed E-state index contributed by atoms with van der Waals surface area (Å²) in [5.41, 5.74) is 4.09. The highest BCUT2D eigenvalue weighted by molar-refractivity contribution is 7.14. The minimum atomic E-state index is -0.518. The van der Waals surface area contributed by atoms with Crippen LogP contribution >= 0.6 is 11.3 Å². The maximum Gasteiger partial charge on any atom is 0.265 e. The first-order chi connectivity index (χ1) is 14.4. The molecule has 1 aliphatic heterocycles. The minimum absolute atomic E-state index is 0.0962. The van der Waals surface area contributed by atoms with Crippen LogP contribution < -0.4 is 20.1 Å². The van der Waals surface area contributed by atoms with E-state index in [2.05, 4.69) is 15.6 Å². The average molecular weight is 423 g/mol. The molecule has 0 bridgehead atoms. The zero-order valence-corrected chi connectivity index (χ0v) is 17.6. The monoisotopic (exact) mass is 423 g/mol. The Morgan fingerprint density at radius 2 is 2.03 bits per heavy atom. The van der Waals surface area contributed by atoms with Crippen molar-refractivity contribution in [2.45, 2.75) is 26.9 Å². The molecular formula is C22H21N3O4S. The Kier molecular flexibility index (Phi) is 5.41. The van der Waals surface area contributed by atoms with Gasteiger partial charge in [-0.05, 0) is 50.1 Å². The summed E-state index contributed by atoms with van der Waals surface area (Å²) in [5.74, 6) is 0.881. The van der Waals surface area contributed by atoms with Crippen LogP contribution in [0.1, 0.15) is 18.1 Å². The number of fused-ring (bicyclic) bond motifs is 1. The SMILES string of the molecule is Cc1cccc(C)c1OCC(=O)Nc1nc(-c2ccc3c(c2)NC(=O)C(C)O3)cs1. The lowest BCUT2D eigenvalue weighted by atomic mass is 10.1. The van der Waals surface area contributed by atoms with Crippen molar-refractivity contribution in [2.75, 3.05) is 17.2 Å². The predicted octanol–water partition coefficient (Wildman–Crippen LogP) is 4.16. The van der Waals surface area contributed by atoms with Gasteiger partial charge < -0.3 is 14.8 Å². The molecule has 1 aliphatic rings. The molecule has 4 rings (SSSR count). The second-order valence-electron chi connectivity index (χ2n) is 7.06. The number of aryl methyl sites for hydroxylation is 2. The Hall–Kier alpha value is -3.39. The quantitative estimate of drug-likeness (QED) is 0.643. The van der Waals surface area contributed by atoms with Crippen molar-refractivity contribution in [3.8, 4) is 22.8 Å². The lowest BCUT2D eigenvalue weighted by molar-refractivity contribution is -0.122. The number of aromatic nitrogens is 1. The molecule has 2 aromatic carbocycles. The zero-order chi connectivity index (χ0) is 21.3. The molecule has 154 valence electrons. The van der Waals surface area contributed by atoms with Crippen molar-refractivity contribution in [3.05, 3.63) is 52.9 Å². The first kappa shape index (κ1) is 19.9. The third-order valence-electron chi connectivity index (χ3n) is 4.71. The molecule has 2 amide bonds. The molecule has 0 aliphatic carbocycles. The van der Waals surface area contributed by atoms with Crippen molar-refractivity contribution >= 4 is 34.0 Å². The normalized spacial score (nSPS) is 15.0. The summed E-state index contributed by atoms with van der Waals surface area (Å²) in [5, 5.41) is 7.91. The Bertz CT molecular complexity index is 1110. The number of nitrogens with zero attached hydrogens (tertiary/aromatic N) is 1. The van der Waals surface area contributed by atoms with E-state index in [9.17, 15) is 9.59 Å². The van der Waals surface area contributed by atoms with E-state index in [0.29, 0.717) is 22.3 Å². The van der Waals surface area contributed by atoms with E-state index in [1.165, 1.54) is 11.3 Å². The van der Waals surface area contributed by atoms with Crippen molar-refractivity contribution in [2.24, 2.45) is 0 Å². The van der Waals surface area contributed by atoms with Gasteiger partial charge in [-0.1, -0.05) is 18.2 Å². The van der Waals surface area contributed by atoms with Gasteiger partial charge in [-0.2, -0.15) is 0 Å². The summed E-state index contributed by atoms with van der Waals surface area (Å²) >= 11 is 1.32. The summed E-state index contributed by atoms with van der Waals surface area (Å²) in [7, 11) is 0. The molecular weight excluding hydrogens is 402 g/mol. The Balaban J connectivity index is 1.41. The molecule has 8 heteroatoms. The fourth-order valence-corrected chi connectivity index (χ4v) is 3.89. The van der Waals surface area contributed by atoms with Gasteiger partial charge in [-0.25, -0.2) is 4.98 Å². The summed E-state index contributed by atoms with van der Waals surface area (Å²) in [6.45, 7) is 5.49. The molecule has 0 saturated carbocycles. The van der Waals surface area contributed by atoms with Crippen LogP contribution in [0.5, 0.6) is 11.5 Å². The maximum absolute atomic E-state index is 12.3. The highest BCUT2D eigenvalue weighted by atomic mass is 32.1. The smallest absolute Gasteiger partial charge is 0.265 e. The number of carbonyl (C=O) groups is 2. The third-order valence-corrected chi connectivity index (χ3v) is 5.47. The lowest BCUT2D eigenvalue weighted by Crippen LogP contribution is -2.34. The van der Waals surface area contributed by atoms with Gasteiger partial charge in [-0.15, -0.1) is 11.3 Å². The van der Waals surface area contributed by atoms with Crippen LogP contribution in [0.2, 0.25) is 0 Å². The molecule has 30 heavy (non-hydrogen) atoms. The Morgan fingerprint density at radius 3 is 2.80 bits per heavy atom. The van der Waals surface area contributed by atoms with Crippen LogP contribution in [0.4, 0.5) is 10.8 Å². The van der Waals surface area contributed by atoms with Gasteiger partial charge in [0.25, 0.3) is 11.8 Å². The van der Waals surface area contributed by atoms with Gasteiger partial charge in [0.1, 0.15) is 11.5 Å². The fraction of sp³-hybridized carbons (Fsp3) is 0.227. The topological polar surface area (TPSA) is 89.5 Å². The molecule has 0 saturated heterocycles. The maximum atomic E-state index is 12.3. The number of hydrogen-bond donors (Lipinski definition) is 2. The number of thiazole rings is 1. The molecule has 7 nitrogen and oxygen atoms in total. The lowest BCUT2D eigenvalue weighted by Gasteiger charge is -2.23. The number of hydrogen-bond acceptors (Lipinski definition) is 6. The molecule has 2 N–H and O–H groups in total. The van der Waals surface area contributed by atoms with Gasteiger partial charge in [0.05, 0.1) is 11.4 Å². The van der Waals surface area contributed by atoms with E-state index in [0.717, 1.165) is 22.4 Å². The van der Waals surface area contributed by atoms with Gasteiger partial charge in [0, 0.05) is 10.9 Å². The molecule has 0 spiro atoms. The number of amides is 2. The number of para-hydroxylation sites is 1. The predicted molar refractivity (Wildman–Crippen MR) is 116 cm³/mol. The molecule has 1 atom stereocenters. The van der Waals surface area contributed by atoms with E-state index in [1.807, 2.05) is 49.6 Å². The Morgan fingerprint density at radius 1 is 1.27 bits per heavy atom. The van der Waals surface area contributed by atoms with Crippen molar-refractivity contribution < 1.29 is 19.1 Å². The van der Waals surface area contributed by atoms with Crippen LogP contribution in [0.25, 0.3) is 11.3 Å². The third kappa shape index (κ3) is 4.13. The summed E-state index contributed by atoms with van der Waals surface area (Å²) in [6, 6.07) is 11.3. The van der Waals surface area contributed by atoms with Crippen LogP contribution in [-0.4, -0.2) is 29.5 Å². The second-order valence-corrected chi connectivity index (χ2v) is 7.91. The first-order valence-corrected chi connectivity index (χ1v) is 10.3. The number of ether oxygens (including phenoxy) is 2. The van der Waals surface area contributed by atoms with Crippen molar-refractivity contribution in [1.82, 2.24) is 4.98 Å². The Labute approximate surface area is 178 Å². The minimum Gasteiger partial charge on any atom is -0.483 e. The van der Waals surface area contributed by atoms with Gasteiger partial charge >= 0.3 is 0 Å². The molecule has 0 radical (unpaired) electrons. The summed E-state index contributed by atoms with van der Waals surface area (Å²) in [4.78, 5) is 28.6. The summed E-state index contributed by atoms with van der Waals surface area (Å²) in [6.07, 6.45) is -0.518. The van der Waals surface area contributed by atoms with Crippen molar-refractivity contribution in [1.29, 1.82) is 0 Å². The number of rotatable bonds is 5. The number of carbonyl (C=O) groups excluding carboxylic acids is 2. The molecule has 0 fully saturated rings. The van der Waals surface area contributed by atoms with Crippen LogP contribution in [0.3, 0.4) is 0 Å². The molecule has 1 aromatic heterocycles. The second kappa shape index (κ2) is 8.16. The van der Waals surface area contributed by atoms with E-state index in [1.54, 1.807) is 13.0 Å². The fourth-order valence-electron chi connectivity index (χ4n) is 3.15. The van der Waals surface area contributed by atoms with E-state index in [4.69, 9.17) is 9.47 Å². The van der Waals surface area contributed by atoms with E-state index < -0.39 is 6.10 Å². The largest absolute Gasteiger partial charge is 0.483 e. The number of nitrogens with one attached hydrogen (secondary N) is 2.